The van der Waals surface area contributed by atoms with Crippen molar-refractivity contribution < 1.29 is 0 Å². The third kappa shape index (κ3) is 4.07. The molecule has 0 radical (unpaired) electrons. The van der Waals surface area contributed by atoms with E-state index in [4.69, 9.17) is 0 Å². The van der Waals surface area contributed by atoms with Crippen LogP contribution in [0.2, 0.25) is 0 Å². The molecule has 0 aromatic heterocycles. The second-order valence-electron chi connectivity index (χ2n) is 6.74. The van der Waals surface area contributed by atoms with Crippen molar-refractivity contribution in [3.05, 3.63) is 35.4 Å². The van der Waals surface area contributed by atoms with E-state index < -0.39 is 0 Å². The van der Waals surface area contributed by atoms with E-state index in [0.717, 1.165) is 24.4 Å². The zero-order chi connectivity index (χ0) is 13.8. The van der Waals surface area contributed by atoms with Crippen LogP contribution in [0.1, 0.15) is 64.0 Å². The number of rotatable bonds is 4. The molecule has 0 heterocycles. The Morgan fingerprint density at radius 1 is 1.05 bits per heavy atom. The van der Waals surface area contributed by atoms with Crippen molar-refractivity contribution in [3.8, 4) is 0 Å². The van der Waals surface area contributed by atoms with Crippen LogP contribution in [-0.4, -0.2) is 6.04 Å². The molecule has 1 nitrogen and oxygen atoms in total. The molecule has 2 rings (SSSR count). The first-order chi connectivity index (χ1) is 9.06. The van der Waals surface area contributed by atoms with Crippen LogP contribution < -0.4 is 5.32 Å². The largest absolute Gasteiger partial charge is 0.310 e. The third-order valence-electron chi connectivity index (χ3n) is 4.84. The lowest BCUT2D eigenvalue weighted by Crippen LogP contribution is -2.35. The Morgan fingerprint density at radius 3 is 2.32 bits per heavy atom. The minimum atomic E-state index is 0.627. The summed E-state index contributed by atoms with van der Waals surface area (Å²) in [7, 11) is 0. The van der Waals surface area contributed by atoms with Gasteiger partial charge in [0.05, 0.1) is 0 Å². The van der Waals surface area contributed by atoms with E-state index in [1.54, 1.807) is 0 Å². The molecule has 19 heavy (non-hydrogen) atoms. The fourth-order valence-corrected chi connectivity index (χ4v) is 3.02. The SMILES string of the molecule is CC(C)c1ccc(CNC2CCC(C)C(C)C2)cc1. The van der Waals surface area contributed by atoms with Gasteiger partial charge in [-0.1, -0.05) is 52.0 Å². The van der Waals surface area contributed by atoms with Crippen LogP contribution in [0.15, 0.2) is 24.3 Å². The van der Waals surface area contributed by atoms with Gasteiger partial charge in [0.2, 0.25) is 0 Å². The molecular weight excluding hydrogens is 230 g/mol. The normalized spacial score (nSPS) is 27.7. The molecular formula is C18H29N. The third-order valence-corrected chi connectivity index (χ3v) is 4.84. The molecule has 1 heteroatoms. The van der Waals surface area contributed by atoms with Gasteiger partial charge in [0.25, 0.3) is 0 Å². The highest BCUT2D eigenvalue weighted by Crippen LogP contribution is 2.29. The Labute approximate surface area is 118 Å². The Kier molecular flexibility index (Phi) is 5.04. The zero-order valence-corrected chi connectivity index (χ0v) is 12.9. The molecule has 0 saturated heterocycles. The van der Waals surface area contributed by atoms with Crippen LogP contribution in [-0.2, 0) is 6.54 Å². The topological polar surface area (TPSA) is 12.0 Å². The molecule has 3 atom stereocenters. The van der Waals surface area contributed by atoms with Crippen LogP contribution in [0.25, 0.3) is 0 Å². The molecule has 1 aliphatic rings. The predicted octanol–water partition coefficient (Wildman–Crippen LogP) is 4.72. The Morgan fingerprint density at radius 2 is 1.74 bits per heavy atom. The van der Waals surface area contributed by atoms with E-state index in [9.17, 15) is 0 Å². The first-order valence-corrected chi connectivity index (χ1v) is 7.88. The van der Waals surface area contributed by atoms with Gasteiger partial charge in [-0.15, -0.1) is 0 Å². The fourth-order valence-electron chi connectivity index (χ4n) is 3.02. The molecule has 1 aliphatic carbocycles. The number of nitrogens with one attached hydrogen (secondary N) is 1. The zero-order valence-electron chi connectivity index (χ0n) is 12.9. The Hall–Kier alpha value is -0.820. The van der Waals surface area contributed by atoms with Crippen molar-refractivity contribution in [3.63, 3.8) is 0 Å². The van der Waals surface area contributed by atoms with E-state index in [-0.39, 0.29) is 0 Å². The second kappa shape index (κ2) is 6.56. The smallest absolute Gasteiger partial charge is 0.0208 e. The summed E-state index contributed by atoms with van der Waals surface area (Å²) in [4.78, 5) is 0. The lowest BCUT2D eigenvalue weighted by Gasteiger charge is -2.32. The summed E-state index contributed by atoms with van der Waals surface area (Å²) in [5.74, 6) is 2.40. The molecule has 3 unspecified atom stereocenters. The predicted molar refractivity (Wildman–Crippen MR) is 83.3 cm³/mol. The van der Waals surface area contributed by atoms with E-state index in [0.29, 0.717) is 5.92 Å². The Bertz CT molecular complexity index is 379. The lowest BCUT2D eigenvalue weighted by atomic mass is 9.79. The summed E-state index contributed by atoms with van der Waals surface area (Å²) in [5.41, 5.74) is 2.85. The van der Waals surface area contributed by atoms with Crippen molar-refractivity contribution in [2.24, 2.45) is 11.8 Å². The maximum atomic E-state index is 3.74. The van der Waals surface area contributed by atoms with Gasteiger partial charge in [-0.2, -0.15) is 0 Å². The monoisotopic (exact) mass is 259 g/mol. The van der Waals surface area contributed by atoms with Gasteiger partial charge in [-0.25, -0.2) is 0 Å². The highest BCUT2D eigenvalue weighted by molar-refractivity contribution is 5.24. The maximum Gasteiger partial charge on any atom is 0.0208 e. The standard InChI is InChI=1S/C18H29N/c1-13(2)17-8-6-16(7-9-17)12-19-18-10-5-14(3)15(4)11-18/h6-9,13-15,18-19H,5,10-12H2,1-4H3. The first-order valence-electron chi connectivity index (χ1n) is 7.88. The van der Waals surface area contributed by atoms with Crippen molar-refractivity contribution in [2.45, 2.75) is 65.5 Å². The van der Waals surface area contributed by atoms with Crippen LogP contribution in [0.3, 0.4) is 0 Å². The average molecular weight is 259 g/mol. The van der Waals surface area contributed by atoms with E-state index in [1.807, 2.05) is 0 Å². The lowest BCUT2D eigenvalue weighted by molar-refractivity contribution is 0.225. The van der Waals surface area contributed by atoms with Crippen LogP contribution in [0, 0.1) is 11.8 Å². The van der Waals surface area contributed by atoms with Crippen LogP contribution in [0.5, 0.6) is 0 Å². The van der Waals surface area contributed by atoms with E-state index >= 15 is 0 Å². The Balaban J connectivity index is 1.82. The number of hydrogen-bond donors (Lipinski definition) is 1. The molecule has 0 amide bonds. The minimum Gasteiger partial charge on any atom is -0.310 e. The molecule has 1 aromatic carbocycles. The van der Waals surface area contributed by atoms with Crippen LogP contribution in [0.4, 0.5) is 0 Å². The van der Waals surface area contributed by atoms with Gasteiger partial charge in [0.1, 0.15) is 0 Å². The minimum absolute atomic E-state index is 0.627. The van der Waals surface area contributed by atoms with Crippen molar-refractivity contribution in [2.75, 3.05) is 0 Å². The summed E-state index contributed by atoms with van der Waals surface area (Å²) in [5, 5.41) is 3.74. The van der Waals surface area contributed by atoms with Gasteiger partial charge in [0.15, 0.2) is 0 Å². The van der Waals surface area contributed by atoms with Crippen molar-refractivity contribution in [1.29, 1.82) is 0 Å². The molecule has 1 fully saturated rings. The fraction of sp³-hybridized carbons (Fsp3) is 0.667. The first kappa shape index (κ1) is 14.6. The molecule has 0 bridgehead atoms. The van der Waals surface area contributed by atoms with Gasteiger partial charge < -0.3 is 5.32 Å². The summed E-state index contributed by atoms with van der Waals surface area (Å²) >= 11 is 0. The highest BCUT2D eigenvalue weighted by atomic mass is 14.9. The summed E-state index contributed by atoms with van der Waals surface area (Å²) in [6.45, 7) is 10.3. The molecule has 0 spiro atoms. The average Bonchev–Trinajstić information content (AvgIpc) is 2.40. The van der Waals surface area contributed by atoms with E-state index in [2.05, 4.69) is 57.3 Å². The van der Waals surface area contributed by atoms with Crippen molar-refractivity contribution >= 4 is 0 Å². The van der Waals surface area contributed by atoms with Crippen LogP contribution >= 0.6 is 0 Å². The highest BCUT2D eigenvalue weighted by Gasteiger charge is 2.23. The molecule has 1 saturated carbocycles. The second-order valence-corrected chi connectivity index (χ2v) is 6.74. The number of hydrogen-bond acceptors (Lipinski definition) is 1. The summed E-state index contributed by atoms with van der Waals surface area (Å²) < 4.78 is 0. The molecule has 0 aliphatic heterocycles. The molecule has 1 N–H and O–H groups in total. The van der Waals surface area contributed by atoms with Gasteiger partial charge in [-0.05, 0) is 48.1 Å². The molecule has 1 aromatic rings. The quantitative estimate of drug-likeness (QED) is 0.824. The summed E-state index contributed by atoms with van der Waals surface area (Å²) in [6, 6.07) is 9.81. The van der Waals surface area contributed by atoms with Gasteiger partial charge >= 0.3 is 0 Å². The van der Waals surface area contributed by atoms with E-state index in [1.165, 1.54) is 30.4 Å². The molecule has 106 valence electrons. The van der Waals surface area contributed by atoms with Crippen molar-refractivity contribution in [1.82, 2.24) is 5.32 Å². The summed E-state index contributed by atoms with van der Waals surface area (Å²) in [6.07, 6.45) is 4.06. The van der Waals surface area contributed by atoms with Gasteiger partial charge in [0, 0.05) is 12.6 Å². The number of benzene rings is 1. The van der Waals surface area contributed by atoms with Gasteiger partial charge in [-0.3, -0.25) is 0 Å². The maximum absolute atomic E-state index is 3.74.